The van der Waals surface area contributed by atoms with Gasteiger partial charge in [0.1, 0.15) is 6.33 Å². The molecule has 0 aliphatic carbocycles. The minimum Gasteiger partial charge on any atom is -0.264 e. The average molecular weight is 335 g/mol. The highest BCUT2D eigenvalue weighted by Gasteiger charge is 2.28. The third-order valence-electron chi connectivity index (χ3n) is 4.22. The Morgan fingerprint density at radius 1 is 1.35 bits per heavy atom. The molecule has 2 aromatic rings. The number of aryl methyl sites for hydroxylation is 1. The van der Waals surface area contributed by atoms with Gasteiger partial charge in [-0.3, -0.25) is 4.68 Å². The maximum absolute atomic E-state index is 11.6. The molecule has 124 valence electrons. The number of nitrogens with zero attached hydrogens (tertiary/aromatic N) is 5. The van der Waals surface area contributed by atoms with Crippen molar-refractivity contribution in [1.29, 1.82) is 0 Å². The minimum absolute atomic E-state index is 0.309. The number of sulfonamides is 1. The molecule has 0 spiro atoms. The summed E-state index contributed by atoms with van der Waals surface area (Å²) in [5, 5.41) is 4.26. The van der Waals surface area contributed by atoms with Gasteiger partial charge >= 0.3 is 0 Å². The van der Waals surface area contributed by atoms with E-state index in [2.05, 4.69) is 15.1 Å². The molecule has 3 heterocycles. The Hall–Kier alpha value is -1.80. The highest BCUT2D eigenvalue weighted by atomic mass is 32.2. The molecule has 0 bridgehead atoms. The molecular formula is C15H21N5O2S. The van der Waals surface area contributed by atoms with Crippen LogP contribution in [0.1, 0.15) is 19.0 Å². The Kier molecular flexibility index (Phi) is 4.45. The predicted molar refractivity (Wildman–Crippen MR) is 87.2 cm³/mol. The number of hydrogen-bond donors (Lipinski definition) is 0. The summed E-state index contributed by atoms with van der Waals surface area (Å²) in [5.41, 5.74) is 2.77. The minimum atomic E-state index is -3.09. The standard InChI is InChI=1S/C15H21N5O2S/c1-3-20-15(4-6-18-20)14-9-13(16-11-17-14)8-12-5-7-19(10-12)23(2,21)22/h4,6,9,11-12H,3,5,7-8,10H2,1-2H3/t12-/m1/s1. The second-order valence-corrected chi connectivity index (χ2v) is 7.89. The zero-order valence-electron chi connectivity index (χ0n) is 13.4. The summed E-state index contributed by atoms with van der Waals surface area (Å²) in [7, 11) is -3.09. The summed E-state index contributed by atoms with van der Waals surface area (Å²) >= 11 is 0. The van der Waals surface area contributed by atoms with Crippen molar-refractivity contribution >= 4 is 10.0 Å². The molecule has 0 radical (unpaired) electrons. The average Bonchev–Trinajstić information content (AvgIpc) is 3.15. The fraction of sp³-hybridized carbons (Fsp3) is 0.533. The van der Waals surface area contributed by atoms with E-state index in [0.29, 0.717) is 19.0 Å². The second kappa shape index (κ2) is 6.37. The van der Waals surface area contributed by atoms with Crippen LogP contribution in [-0.4, -0.2) is 51.8 Å². The van der Waals surface area contributed by atoms with Crippen molar-refractivity contribution in [2.45, 2.75) is 26.3 Å². The van der Waals surface area contributed by atoms with Crippen LogP contribution in [0.2, 0.25) is 0 Å². The molecule has 7 nitrogen and oxygen atoms in total. The van der Waals surface area contributed by atoms with Crippen LogP contribution < -0.4 is 0 Å². The van der Waals surface area contributed by atoms with Crippen molar-refractivity contribution in [1.82, 2.24) is 24.1 Å². The molecule has 1 aliphatic rings. The molecule has 23 heavy (non-hydrogen) atoms. The Bertz CT molecular complexity index is 787. The molecule has 8 heteroatoms. The van der Waals surface area contributed by atoms with Gasteiger partial charge in [0.15, 0.2) is 0 Å². The third-order valence-corrected chi connectivity index (χ3v) is 5.49. The van der Waals surface area contributed by atoms with Gasteiger partial charge in [0.2, 0.25) is 10.0 Å². The van der Waals surface area contributed by atoms with Crippen molar-refractivity contribution in [2.24, 2.45) is 5.92 Å². The van der Waals surface area contributed by atoms with Crippen molar-refractivity contribution in [3.8, 4) is 11.4 Å². The first-order valence-corrected chi connectivity index (χ1v) is 9.60. The van der Waals surface area contributed by atoms with E-state index in [1.54, 1.807) is 16.8 Å². The van der Waals surface area contributed by atoms with E-state index >= 15 is 0 Å². The van der Waals surface area contributed by atoms with Crippen molar-refractivity contribution < 1.29 is 8.42 Å². The fourth-order valence-corrected chi connectivity index (χ4v) is 3.93. The zero-order chi connectivity index (χ0) is 16.4. The molecule has 0 N–H and O–H groups in total. The lowest BCUT2D eigenvalue weighted by molar-refractivity contribution is 0.459. The van der Waals surface area contributed by atoms with Gasteiger partial charge < -0.3 is 0 Å². The van der Waals surface area contributed by atoms with Crippen LogP contribution in [0.25, 0.3) is 11.4 Å². The van der Waals surface area contributed by atoms with Crippen LogP contribution in [0.5, 0.6) is 0 Å². The highest BCUT2D eigenvalue weighted by Crippen LogP contribution is 2.23. The Morgan fingerprint density at radius 3 is 2.87 bits per heavy atom. The molecule has 0 saturated carbocycles. The Labute approximate surface area is 136 Å². The lowest BCUT2D eigenvalue weighted by atomic mass is 10.0. The van der Waals surface area contributed by atoms with Crippen molar-refractivity contribution in [3.63, 3.8) is 0 Å². The molecule has 1 saturated heterocycles. The highest BCUT2D eigenvalue weighted by molar-refractivity contribution is 7.88. The Balaban J connectivity index is 1.74. The lowest BCUT2D eigenvalue weighted by Gasteiger charge is -2.13. The quantitative estimate of drug-likeness (QED) is 0.820. The molecule has 1 atom stereocenters. The summed E-state index contributed by atoms with van der Waals surface area (Å²) in [5.74, 6) is 0.309. The van der Waals surface area contributed by atoms with E-state index in [9.17, 15) is 8.42 Å². The first kappa shape index (κ1) is 16.1. The van der Waals surface area contributed by atoms with E-state index in [1.165, 1.54) is 6.26 Å². The first-order chi connectivity index (χ1) is 11.0. The second-order valence-electron chi connectivity index (χ2n) is 5.91. The molecule has 0 unspecified atom stereocenters. The summed E-state index contributed by atoms with van der Waals surface area (Å²) in [6.07, 6.45) is 6.24. The van der Waals surface area contributed by atoms with E-state index in [1.807, 2.05) is 23.7 Å². The molecule has 0 amide bonds. The van der Waals surface area contributed by atoms with Gasteiger partial charge in [-0.2, -0.15) is 5.10 Å². The van der Waals surface area contributed by atoms with Crippen molar-refractivity contribution in [2.75, 3.05) is 19.3 Å². The van der Waals surface area contributed by atoms with Crippen LogP contribution in [0.4, 0.5) is 0 Å². The molecular weight excluding hydrogens is 314 g/mol. The van der Waals surface area contributed by atoms with Gasteiger partial charge in [-0.1, -0.05) is 0 Å². The molecule has 2 aromatic heterocycles. The lowest BCUT2D eigenvalue weighted by Crippen LogP contribution is -2.27. The predicted octanol–water partition coefficient (Wildman–Crippen LogP) is 1.18. The third kappa shape index (κ3) is 3.59. The number of hydrogen-bond acceptors (Lipinski definition) is 5. The summed E-state index contributed by atoms with van der Waals surface area (Å²) in [6, 6.07) is 3.92. The van der Waals surface area contributed by atoms with E-state index in [-0.39, 0.29) is 0 Å². The van der Waals surface area contributed by atoms with Gasteiger partial charge in [-0.15, -0.1) is 0 Å². The largest absolute Gasteiger partial charge is 0.264 e. The fourth-order valence-electron chi connectivity index (χ4n) is 3.01. The van der Waals surface area contributed by atoms with Crippen LogP contribution in [0.15, 0.2) is 24.7 Å². The van der Waals surface area contributed by atoms with Crippen LogP contribution in [0, 0.1) is 5.92 Å². The Morgan fingerprint density at radius 2 is 2.17 bits per heavy atom. The molecule has 0 aromatic carbocycles. The smallest absolute Gasteiger partial charge is 0.211 e. The maximum atomic E-state index is 11.6. The van der Waals surface area contributed by atoms with Gasteiger partial charge in [0, 0.05) is 31.5 Å². The zero-order valence-corrected chi connectivity index (χ0v) is 14.2. The van der Waals surface area contributed by atoms with Crippen LogP contribution >= 0.6 is 0 Å². The van der Waals surface area contributed by atoms with Gasteiger partial charge in [0.25, 0.3) is 0 Å². The summed E-state index contributed by atoms with van der Waals surface area (Å²) in [6.45, 7) is 4.00. The number of aromatic nitrogens is 4. The van der Waals surface area contributed by atoms with E-state index in [0.717, 1.165) is 36.5 Å². The molecule has 1 fully saturated rings. The van der Waals surface area contributed by atoms with E-state index < -0.39 is 10.0 Å². The molecule has 1 aliphatic heterocycles. The SMILES string of the molecule is CCn1nccc1-c1cc(C[C@H]2CCN(S(C)(=O)=O)C2)ncn1. The topological polar surface area (TPSA) is 81.0 Å². The normalized spacial score (nSPS) is 19.3. The first-order valence-electron chi connectivity index (χ1n) is 7.75. The number of rotatable bonds is 5. The van der Waals surface area contributed by atoms with Crippen LogP contribution in [0.3, 0.4) is 0 Å². The monoisotopic (exact) mass is 335 g/mol. The van der Waals surface area contributed by atoms with Crippen LogP contribution in [-0.2, 0) is 23.0 Å². The van der Waals surface area contributed by atoms with Crippen molar-refractivity contribution in [3.05, 3.63) is 30.4 Å². The summed E-state index contributed by atoms with van der Waals surface area (Å²) in [4.78, 5) is 8.69. The van der Waals surface area contributed by atoms with E-state index in [4.69, 9.17) is 0 Å². The van der Waals surface area contributed by atoms with Gasteiger partial charge in [0.05, 0.1) is 17.6 Å². The maximum Gasteiger partial charge on any atom is 0.211 e. The van der Waals surface area contributed by atoms with Gasteiger partial charge in [-0.25, -0.2) is 22.7 Å². The molecule has 3 rings (SSSR count). The van der Waals surface area contributed by atoms with Gasteiger partial charge in [-0.05, 0) is 37.8 Å². The summed E-state index contributed by atoms with van der Waals surface area (Å²) < 4.78 is 26.6.